The fourth-order valence-electron chi connectivity index (χ4n) is 2.85. The van der Waals surface area contributed by atoms with Crippen LogP contribution in [0.25, 0.3) is 0 Å². The first kappa shape index (κ1) is 22.2. The number of amides is 2. The van der Waals surface area contributed by atoms with Crippen LogP contribution in [0.4, 0.5) is 10.5 Å². The summed E-state index contributed by atoms with van der Waals surface area (Å²) >= 11 is 5.83. The number of methoxy groups -OCH3 is 1. The third kappa shape index (κ3) is 6.49. The number of benzene rings is 3. The predicted molar refractivity (Wildman–Crippen MR) is 124 cm³/mol. The van der Waals surface area contributed by atoms with Crippen molar-refractivity contribution < 1.29 is 14.3 Å². The van der Waals surface area contributed by atoms with Gasteiger partial charge in [0.05, 0.1) is 13.3 Å². The molecule has 0 unspecified atom stereocenters. The van der Waals surface area contributed by atoms with Crippen molar-refractivity contribution in [2.24, 2.45) is 5.10 Å². The maximum Gasteiger partial charge on any atom is 0.339 e. The molecule has 0 atom stereocenters. The fourth-order valence-corrected chi connectivity index (χ4v) is 2.98. The molecule has 3 aromatic carbocycles. The lowest BCUT2D eigenvalue weighted by molar-refractivity contribution is 0.252. The zero-order valence-corrected chi connectivity index (χ0v) is 18.4. The van der Waals surface area contributed by atoms with Gasteiger partial charge in [-0.25, -0.2) is 10.2 Å². The van der Waals surface area contributed by atoms with Gasteiger partial charge in [0.2, 0.25) is 0 Å². The normalized spacial score (nSPS) is 10.7. The van der Waals surface area contributed by atoms with Gasteiger partial charge in [-0.2, -0.15) is 5.10 Å². The molecule has 2 amide bonds. The first-order valence-corrected chi connectivity index (χ1v) is 10.0. The molecule has 0 heterocycles. The molecule has 0 aliphatic rings. The van der Waals surface area contributed by atoms with Crippen molar-refractivity contribution >= 4 is 29.5 Å². The van der Waals surface area contributed by atoms with Crippen LogP contribution < -0.4 is 20.2 Å². The van der Waals surface area contributed by atoms with E-state index in [4.69, 9.17) is 21.1 Å². The van der Waals surface area contributed by atoms with Gasteiger partial charge in [0, 0.05) is 10.7 Å². The van der Waals surface area contributed by atoms with E-state index in [1.165, 1.54) is 17.3 Å². The lowest BCUT2D eigenvalue weighted by atomic mass is 10.1. The Kier molecular flexibility index (Phi) is 7.51. The molecule has 0 aliphatic carbocycles. The molecule has 0 bridgehead atoms. The maximum absolute atomic E-state index is 11.9. The van der Waals surface area contributed by atoms with Gasteiger partial charge in [-0.1, -0.05) is 35.4 Å². The molecule has 0 spiro atoms. The Labute approximate surface area is 186 Å². The van der Waals surface area contributed by atoms with E-state index in [-0.39, 0.29) is 0 Å². The summed E-state index contributed by atoms with van der Waals surface area (Å²) in [7, 11) is 1.58. The molecule has 2 N–H and O–H groups in total. The zero-order valence-electron chi connectivity index (χ0n) is 17.6. The molecule has 160 valence electrons. The Bertz CT molecular complexity index is 1080. The summed E-state index contributed by atoms with van der Waals surface area (Å²) in [6.45, 7) is 4.57. The van der Waals surface area contributed by atoms with E-state index in [2.05, 4.69) is 47.9 Å². The van der Waals surface area contributed by atoms with Crippen molar-refractivity contribution in [2.75, 3.05) is 12.4 Å². The molecular formula is C24H24ClN3O3. The van der Waals surface area contributed by atoms with Gasteiger partial charge in [0.1, 0.15) is 6.61 Å². The third-order valence-electron chi connectivity index (χ3n) is 4.56. The smallest absolute Gasteiger partial charge is 0.339 e. The molecule has 6 nitrogen and oxygen atoms in total. The fraction of sp³-hybridized carbons (Fsp3) is 0.167. The van der Waals surface area contributed by atoms with Crippen molar-refractivity contribution in [3.05, 3.63) is 87.9 Å². The van der Waals surface area contributed by atoms with Crippen LogP contribution in [0.15, 0.2) is 65.8 Å². The maximum atomic E-state index is 11.9. The van der Waals surface area contributed by atoms with Gasteiger partial charge >= 0.3 is 6.03 Å². The standard InChI is InChI=1S/C24H24ClN3O3/c1-16-4-5-17(2)19(12-16)15-31-22-11-6-18(13-23(22)30-3)14-26-28-24(29)27-21-9-7-20(25)8-10-21/h4-14H,15H2,1-3H3,(H2,27,28,29)/b26-14-. The Balaban J connectivity index is 1.59. The van der Waals surface area contributed by atoms with Crippen LogP contribution >= 0.6 is 11.6 Å². The van der Waals surface area contributed by atoms with E-state index in [1.807, 2.05) is 12.1 Å². The molecule has 0 fully saturated rings. The number of aryl methyl sites for hydroxylation is 2. The largest absolute Gasteiger partial charge is 0.493 e. The number of carbonyl (C=O) groups excluding carboxylic acids is 1. The molecule has 0 saturated heterocycles. The summed E-state index contributed by atoms with van der Waals surface area (Å²) in [6.07, 6.45) is 1.53. The number of hydrazone groups is 1. The molecule has 7 heteroatoms. The van der Waals surface area contributed by atoms with E-state index in [9.17, 15) is 4.79 Å². The third-order valence-corrected chi connectivity index (χ3v) is 4.81. The minimum absolute atomic E-state index is 0.448. The van der Waals surface area contributed by atoms with Crippen LogP contribution in [0.1, 0.15) is 22.3 Å². The van der Waals surface area contributed by atoms with Crippen LogP contribution in [-0.2, 0) is 6.61 Å². The van der Waals surface area contributed by atoms with Crippen LogP contribution in [0.3, 0.4) is 0 Å². The zero-order chi connectivity index (χ0) is 22.2. The molecule has 0 radical (unpaired) electrons. The lowest BCUT2D eigenvalue weighted by Crippen LogP contribution is -2.24. The highest BCUT2D eigenvalue weighted by atomic mass is 35.5. The number of hydrogen-bond donors (Lipinski definition) is 2. The van der Waals surface area contributed by atoms with Gasteiger partial charge in [-0.15, -0.1) is 0 Å². The van der Waals surface area contributed by atoms with Gasteiger partial charge in [-0.3, -0.25) is 0 Å². The Morgan fingerprint density at radius 1 is 1.03 bits per heavy atom. The minimum Gasteiger partial charge on any atom is -0.493 e. The minimum atomic E-state index is -0.459. The Morgan fingerprint density at radius 3 is 2.55 bits per heavy atom. The summed E-state index contributed by atoms with van der Waals surface area (Å²) in [5.74, 6) is 1.22. The van der Waals surface area contributed by atoms with E-state index in [0.29, 0.717) is 28.8 Å². The highest BCUT2D eigenvalue weighted by Gasteiger charge is 2.07. The first-order chi connectivity index (χ1) is 14.9. The number of urea groups is 1. The summed E-state index contributed by atoms with van der Waals surface area (Å²) in [4.78, 5) is 11.9. The van der Waals surface area contributed by atoms with E-state index >= 15 is 0 Å². The Morgan fingerprint density at radius 2 is 1.81 bits per heavy atom. The van der Waals surface area contributed by atoms with Crippen molar-refractivity contribution in [3.63, 3.8) is 0 Å². The first-order valence-electron chi connectivity index (χ1n) is 9.67. The van der Waals surface area contributed by atoms with E-state index < -0.39 is 6.03 Å². The van der Waals surface area contributed by atoms with Crippen molar-refractivity contribution in [2.45, 2.75) is 20.5 Å². The van der Waals surface area contributed by atoms with Crippen molar-refractivity contribution in [1.82, 2.24) is 5.43 Å². The van der Waals surface area contributed by atoms with Crippen molar-refractivity contribution in [3.8, 4) is 11.5 Å². The highest BCUT2D eigenvalue weighted by Crippen LogP contribution is 2.28. The van der Waals surface area contributed by atoms with Crippen LogP contribution in [0, 0.1) is 13.8 Å². The second-order valence-electron chi connectivity index (χ2n) is 6.96. The number of nitrogens with zero attached hydrogens (tertiary/aromatic N) is 1. The summed E-state index contributed by atoms with van der Waals surface area (Å²) in [5, 5.41) is 7.22. The lowest BCUT2D eigenvalue weighted by Gasteiger charge is -2.13. The summed E-state index contributed by atoms with van der Waals surface area (Å²) < 4.78 is 11.4. The van der Waals surface area contributed by atoms with Crippen molar-refractivity contribution in [1.29, 1.82) is 0 Å². The number of carbonyl (C=O) groups is 1. The number of nitrogens with one attached hydrogen (secondary N) is 2. The molecule has 0 aliphatic heterocycles. The van der Waals surface area contributed by atoms with Gasteiger partial charge in [0.15, 0.2) is 11.5 Å². The van der Waals surface area contributed by atoms with E-state index in [1.54, 1.807) is 37.4 Å². The summed E-state index contributed by atoms with van der Waals surface area (Å²) in [5.41, 5.74) is 7.28. The SMILES string of the molecule is COc1cc(/C=N\NC(=O)Nc2ccc(Cl)cc2)ccc1OCc1cc(C)ccc1C. The number of ether oxygens (including phenoxy) is 2. The molecule has 0 aromatic heterocycles. The second-order valence-corrected chi connectivity index (χ2v) is 7.40. The predicted octanol–water partition coefficient (Wildman–Crippen LogP) is 5.70. The highest BCUT2D eigenvalue weighted by molar-refractivity contribution is 6.30. The number of anilines is 1. The van der Waals surface area contributed by atoms with Gasteiger partial charge < -0.3 is 14.8 Å². The second kappa shape index (κ2) is 10.5. The van der Waals surface area contributed by atoms with Crippen LogP contribution in [0.5, 0.6) is 11.5 Å². The van der Waals surface area contributed by atoms with E-state index in [0.717, 1.165) is 11.1 Å². The average Bonchev–Trinajstić information content (AvgIpc) is 2.76. The molecule has 3 rings (SSSR count). The monoisotopic (exact) mass is 437 g/mol. The number of halogens is 1. The van der Waals surface area contributed by atoms with Gasteiger partial charge in [-0.05, 0) is 73.0 Å². The molecular weight excluding hydrogens is 414 g/mol. The van der Waals surface area contributed by atoms with Crippen LogP contribution in [-0.4, -0.2) is 19.4 Å². The Hall–Kier alpha value is -3.51. The number of hydrogen-bond acceptors (Lipinski definition) is 4. The van der Waals surface area contributed by atoms with Crippen LogP contribution in [0.2, 0.25) is 5.02 Å². The summed E-state index contributed by atoms with van der Waals surface area (Å²) in [6, 6.07) is 18.1. The molecule has 31 heavy (non-hydrogen) atoms. The number of rotatable bonds is 7. The molecule has 3 aromatic rings. The molecule has 0 saturated carbocycles. The average molecular weight is 438 g/mol. The quantitative estimate of drug-likeness (QED) is 0.368. The topological polar surface area (TPSA) is 72.0 Å². The van der Waals surface area contributed by atoms with Gasteiger partial charge in [0.25, 0.3) is 0 Å².